The minimum atomic E-state index is 0.732. The van der Waals surface area contributed by atoms with Crippen LogP contribution in [-0.4, -0.2) is 18.3 Å². The van der Waals surface area contributed by atoms with Gasteiger partial charge in [0.15, 0.2) is 0 Å². The molecule has 2 aromatic heterocycles. The van der Waals surface area contributed by atoms with E-state index >= 15 is 0 Å². The first-order chi connectivity index (χ1) is 10.3. The smallest absolute Gasteiger partial charge is 0.210 e. The zero-order valence-corrected chi connectivity index (χ0v) is 12.2. The summed E-state index contributed by atoms with van der Waals surface area (Å²) in [7, 11) is 1.69. The first kappa shape index (κ1) is 12.3. The third kappa shape index (κ3) is 2.15. The Labute approximate surface area is 125 Å². The largest absolute Gasteiger partial charge is 0.497 e. The molecule has 2 heterocycles. The minimum Gasteiger partial charge on any atom is -0.497 e. The van der Waals surface area contributed by atoms with Crippen LogP contribution in [0.1, 0.15) is 16.2 Å². The lowest BCUT2D eigenvalue weighted by atomic mass is 10.1. The zero-order valence-electron chi connectivity index (χ0n) is 11.4. The van der Waals surface area contributed by atoms with E-state index in [1.807, 2.05) is 18.2 Å². The van der Waals surface area contributed by atoms with Crippen molar-refractivity contribution in [1.82, 2.24) is 4.98 Å². The Morgan fingerprint density at radius 1 is 1.38 bits per heavy atom. The highest BCUT2D eigenvalue weighted by molar-refractivity contribution is 7.15. The SMILES string of the molecule is COc1ccc2c(c1)Cc1sc(N=Cc3ccco3)nc1-2. The number of rotatable bonds is 3. The molecular formula is C16H12N2O2S. The van der Waals surface area contributed by atoms with Gasteiger partial charge in [0, 0.05) is 16.9 Å². The van der Waals surface area contributed by atoms with Crippen LogP contribution in [0.3, 0.4) is 0 Å². The molecule has 3 aromatic rings. The minimum absolute atomic E-state index is 0.732. The fourth-order valence-corrected chi connectivity index (χ4v) is 3.40. The quantitative estimate of drug-likeness (QED) is 0.535. The number of hydrogen-bond acceptors (Lipinski definition) is 5. The van der Waals surface area contributed by atoms with Gasteiger partial charge in [-0.3, -0.25) is 0 Å². The third-order valence-corrected chi connectivity index (χ3v) is 4.41. The number of ether oxygens (including phenoxy) is 1. The molecule has 4 rings (SSSR count). The monoisotopic (exact) mass is 296 g/mol. The van der Waals surface area contributed by atoms with Crippen LogP contribution in [0, 0.1) is 0 Å². The van der Waals surface area contributed by atoms with Crippen molar-refractivity contribution in [2.24, 2.45) is 4.99 Å². The normalized spacial score (nSPS) is 12.6. The summed E-state index contributed by atoms with van der Waals surface area (Å²) in [4.78, 5) is 10.3. The van der Waals surface area contributed by atoms with Crippen LogP contribution in [0.15, 0.2) is 46.0 Å². The van der Waals surface area contributed by atoms with Gasteiger partial charge in [0.25, 0.3) is 0 Å². The van der Waals surface area contributed by atoms with Crippen molar-refractivity contribution < 1.29 is 9.15 Å². The lowest BCUT2D eigenvalue weighted by Crippen LogP contribution is -1.86. The van der Waals surface area contributed by atoms with Crippen molar-refractivity contribution in [2.45, 2.75) is 6.42 Å². The molecule has 1 aromatic carbocycles. The molecule has 0 spiro atoms. The lowest BCUT2D eigenvalue weighted by Gasteiger charge is -2.03. The van der Waals surface area contributed by atoms with Gasteiger partial charge < -0.3 is 9.15 Å². The Kier molecular flexibility index (Phi) is 2.86. The van der Waals surface area contributed by atoms with Crippen LogP contribution in [0.25, 0.3) is 11.3 Å². The van der Waals surface area contributed by atoms with Crippen LogP contribution < -0.4 is 4.74 Å². The van der Waals surface area contributed by atoms with Crippen molar-refractivity contribution in [2.75, 3.05) is 7.11 Å². The van der Waals surface area contributed by atoms with Crippen LogP contribution >= 0.6 is 11.3 Å². The number of furan rings is 1. The molecule has 4 nitrogen and oxygen atoms in total. The molecule has 0 fully saturated rings. The molecule has 0 bridgehead atoms. The summed E-state index contributed by atoms with van der Waals surface area (Å²) in [5.41, 5.74) is 3.50. The second-order valence-corrected chi connectivity index (χ2v) is 5.80. The number of benzene rings is 1. The zero-order chi connectivity index (χ0) is 14.2. The summed E-state index contributed by atoms with van der Waals surface area (Å²) >= 11 is 1.62. The van der Waals surface area contributed by atoms with E-state index in [-0.39, 0.29) is 0 Å². The summed E-state index contributed by atoms with van der Waals surface area (Å²) in [6, 6.07) is 9.83. The van der Waals surface area contributed by atoms with Gasteiger partial charge in [-0.1, -0.05) is 11.3 Å². The van der Waals surface area contributed by atoms with Gasteiger partial charge in [-0.05, 0) is 35.9 Å². The molecule has 21 heavy (non-hydrogen) atoms. The van der Waals surface area contributed by atoms with Crippen molar-refractivity contribution in [3.05, 3.63) is 52.8 Å². The highest BCUT2D eigenvalue weighted by Crippen LogP contribution is 2.42. The lowest BCUT2D eigenvalue weighted by molar-refractivity contribution is 0.414. The molecular weight excluding hydrogens is 284 g/mol. The van der Waals surface area contributed by atoms with E-state index < -0.39 is 0 Å². The molecule has 0 saturated heterocycles. The fraction of sp³-hybridized carbons (Fsp3) is 0.125. The molecule has 5 heteroatoms. The van der Waals surface area contributed by atoms with E-state index in [1.54, 1.807) is 30.9 Å². The molecule has 0 amide bonds. The van der Waals surface area contributed by atoms with Gasteiger partial charge in [-0.25, -0.2) is 9.98 Å². The number of hydrogen-bond donors (Lipinski definition) is 0. The maximum Gasteiger partial charge on any atom is 0.210 e. The number of nitrogens with zero attached hydrogens (tertiary/aromatic N) is 2. The summed E-state index contributed by atoms with van der Waals surface area (Å²) in [6.07, 6.45) is 4.23. The predicted molar refractivity (Wildman–Crippen MR) is 82.9 cm³/mol. The standard InChI is InChI=1S/C16H12N2O2S/c1-19-11-4-5-13-10(7-11)8-14-15(13)18-16(21-14)17-9-12-3-2-6-20-12/h2-7,9H,8H2,1H3. The Balaban J connectivity index is 1.66. The van der Waals surface area contributed by atoms with E-state index in [9.17, 15) is 0 Å². The maximum absolute atomic E-state index is 5.27. The summed E-state index contributed by atoms with van der Waals surface area (Å²) < 4.78 is 10.5. The van der Waals surface area contributed by atoms with Gasteiger partial charge in [-0.2, -0.15) is 0 Å². The van der Waals surface area contributed by atoms with Gasteiger partial charge in [-0.15, -0.1) is 0 Å². The van der Waals surface area contributed by atoms with E-state index in [1.165, 1.54) is 16.0 Å². The summed E-state index contributed by atoms with van der Waals surface area (Å²) in [5.74, 6) is 1.62. The van der Waals surface area contributed by atoms with Crippen molar-refractivity contribution in [3.63, 3.8) is 0 Å². The van der Waals surface area contributed by atoms with Crippen LogP contribution in [0.4, 0.5) is 5.13 Å². The first-order valence-electron chi connectivity index (χ1n) is 6.58. The molecule has 0 N–H and O–H groups in total. The molecule has 0 atom stereocenters. The Morgan fingerprint density at radius 2 is 2.33 bits per heavy atom. The summed E-state index contributed by atoms with van der Waals surface area (Å²) in [5, 5.41) is 0.762. The number of aliphatic imine (C=N–C) groups is 1. The number of fused-ring (bicyclic) bond motifs is 3. The van der Waals surface area contributed by atoms with E-state index in [4.69, 9.17) is 9.15 Å². The molecule has 1 aliphatic carbocycles. The Morgan fingerprint density at radius 3 is 3.14 bits per heavy atom. The van der Waals surface area contributed by atoms with E-state index in [0.717, 1.165) is 28.8 Å². The summed E-state index contributed by atoms with van der Waals surface area (Å²) in [6.45, 7) is 0. The highest BCUT2D eigenvalue weighted by Gasteiger charge is 2.23. The molecule has 0 aliphatic heterocycles. The average molecular weight is 296 g/mol. The maximum atomic E-state index is 5.27. The second-order valence-electron chi connectivity index (χ2n) is 4.74. The van der Waals surface area contributed by atoms with Gasteiger partial charge >= 0.3 is 0 Å². The average Bonchev–Trinajstić information content (AvgIpc) is 3.19. The Hall–Kier alpha value is -2.40. The molecule has 0 unspecified atom stereocenters. The van der Waals surface area contributed by atoms with Crippen LogP contribution in [0.2, 0.25) is 0 Å². The van der Waals surface area contributed by atoms with Crippen molar-refractivity contribution in [1.29, 1.82) is 0 Å². The molecule has 1 aliphatic rings. The van der Waals surface area contributed by atoms with Gasteiger partial charge in [0.1, 0.15) is 11.5 Å². The highest BCUT2D eigenvalue weighted by atomic mass is 32.1. The predicted octanol–water partition coefficient (Wildman–Crippen LogP) is 4.07. The second kappa shape index (κ2) is 4.86. The molecule has 104 valence electrons. The fourth-order valence-electron chi connectivity index (χ4n) is 2.46. The van der Waals surface area contributed by atoms with Gasteiger partial charge in [0.2, 0.25) is 5.13 Å². The van der Waals surface area contributed by atoms with Gasteiger partial charge in [0.05, 0.1) is 25.3 Å². The topological polar surface area (TPSA) is 47.6 Å². The molecule has 0 saturated carbocycles. The van der Waals surface area contributed by atoms with Crippen LogP contribution in [0.5, 0.6) is 5.75 Å². The number of aromatic nitrogens is 1. The van der Waals surface area contributed by atoms with E-state index in [2.05, 4.69) is 22.1 Å². The first-order valence-corrected chi connectivity index (χ1v) is 7.40. The third-order valence-electron chi connectivity index (χ3n) is 3.45. The van der Waals surface area contributed by atoms with E-state index in [0.29, 0.717) is 0 Å². The van der Waals surface area contributed by atoms with Crippen molar-refractivity contribution >= 4 is 22.7 Å². The van der Waals surface area contributed by atoms with Crippen LogP contribution in [-0.2, 0) is 6.42 Å². The number of methoxy groups -OCH3 is 1. The number of thiazole rings is 1. The molecule has 0 radical (unpaired) electrons. The Bertz CT molecular complexity index is 819. The van der Waals surface area contributed by atoms with Crippen molar-refractivity contribution in [3.8, 4) is 17.0 Å².